The van der Waals surface area contributed by atoms with Gasteiger partial charge in [-0.3, -0.25) is 10.1 Å². The van der Waals surface area contributed by atoms with Crippen LogP contribution in [0.4, 0.5) is 5.69 Å². The lowest BCUT2D eigenvalue weighted by Crippen LogP contribution is -2.09. The van der Waals surface area contributed by atoms with E-state index >= 15 is 0 Å². The first kappa shape index (κ1) is 20.6. The second-order valence-electron chi connectivity index (χ2n) is 5.58. The van der Waals surface area contributed by atoms with Crippen molar-refractivity contribution in [2.75, 3.05) is 5.32 Å². The van der Waals surface area contributed by atoms with E-state index in [4.69, 9.17) is 34.8 Å². The molecule has 0 aliphatic carbocycles. The van der Waals surface area contributed by atoms with Crippen LogP contribution in [0.15, 0.2) is 97.9 Å². The molecule has 4 nitrogen and oxygen atoms in total. The van der Waals surface area contributed by atoms with E-state index in [0.717, 1.165) is 15.7 Å². The Labute approximate surface area is 180 Å². The molecule has 0 aliphatic rings. The van der Waals surface area contributed by atoms with E-state index in [9.17, 15) is 10.1 Å². The number of nitrogens with zero attached hydrogens (tertiary/aromatic N) is 1. The third kappa shape index (κ3) is 4.80. The van der Waals surface area contributed by atoms with Gasteiger partial charge in [-0.15, -0.1) is 0 Å². The highest BCUT2D eigenvalue weighted by Crippen LogP contribution is 2.37. The zero-order valence-corrected chi connectivity index (χ0v) is 17.3. The van der Waals surface area contributed by atoms with Crippen LogP contribution in [0.25, 0.3) is 10.8 Å². The molecule has 0 unspecified atom stereocenters. The number of hydrogen-bond acceptors (Lipinski definition) is 4. The lowest BCUT2D eigenvalue weighted by Gasteiger charge is -2.14. The summed E-state index contributed by atoms with van der Waals surface area (Å²) in [5.41, 5.74) is 0.300. The number of rotatable bonds is 6. The summed E-state index contributed by atoms with van der Waals surface area (Å²) in [6, 6.07) is 22.6. The van der Waals surface area contributed by atoms with Gasteiger partial charge in [-0.25, -0.2) is 0 Å². The molecule has 0 saturated heterocycles. The molecule has 0 radical (unpaired) electrons. The van der Waals surface area contributed by atoms with Crippen molar-refractivity contribution in [2.45, 2.75) is 4.90 Å². The minimum Gasteiger partial charge on any atom is -0.344 e. The monoisotopic (exact) mass is 450 g/mol. The molecule has 0 bridgehead atoms. The molecule has 8 heteroatoms. The first-order chi connectivity index (χ1) is 13.5. The van der Waals surface area contributed by atoms with Crippen LogP contribution in [-0.4, -0.2) is 4.92 Å². The maximum absolute atomic E-state index is 11.8. The maximum Gasteiger partial charge on any atom is 0.320 e. The van der Waals surface area contributed by atoms with E-state index in [2.05, 4.69) is 5.32 Å². The fourth-order valence-corrected chi connectivity index (χ4v) is 3.91. The van der Waals surface area contributed by atoms with E-state index in [1.807, 2.05) is 72.8 Å². The highest BCUT2D eigenvalue weighted by molar-refractivity contribution is 8.03. The summed E-state index contributed by atoms with van der Waals surface area (Å²) >= 11 is 18.7. The molecule has 3 rings (SSSR count). The van der Waals surface area contributed by atoms with Crippen LogP contribution in [0.1, 0.15) is 0 Å². The Hall–Kier alpha value is -2.18. The lowest BCUT2D eigenvalue weighted by molar-refractivity contribution is -0.420. The van der Waals surface area contributed by atoms with Crippen LogP contribution < -0.4 is 5.32 Å². The predicted octanol–water partition coefficient (Wildman–Crippen LogP) is 7.38. The molecule has 1 N–H and O–H groups in total. The Bertz CT molecular complexity index is 1080. The Morgan fingerprint density at radius 1 is 0.893 bits per heavy atom. The second kappa shape index (κ2) is 9.34. The van der Waals surface area contributed by atoms with E-state index in [-0.39, 0.29) is 14.6 Å². The lowest BCUT2D eigenvalue weighted by atomic mass is 10.1. The van der Waals surface area contributed by atoms with E-state index in [0.29, 0.717) is 5.69 Å². The van der Waals surface area contributed by atoms with Gasteiger partial charge in [0.1, 0.15) is 4.49 Å². The number of benzene rings is 3. The molecule has 142 valence electrons. The van der Waals surface area contributed by atoms with Crippen molar-refractivity contribution in [1.29, 1.82) is 0 Å². The highest BCUT2D eigenvalue weighted by Gasteiger charge is 2.26. The second-order valence-corrected chi connectivity index (χ2v) is 7.99. The minimum atomic E-state index is -0.601. The van der Waals surface area contributed by atoms with Crippen molar-refractivity contribution >= 4 is 63.0 Å². The predicted molar refractivity (Wildman–Crippen MR) is 118 cm³/mol. The average Bonchev–Trinajstić information content (AvgIpc) is 2.68. The quantitative estimate of drug-likeness (QED) is 0.184. The number of halogens is 3. The van der Waals surface area contributed by atoms with Gasteiger partial charge in [-0.05, 0) is 23.6 Å². The summed E-state index contributed by atoms with van der Waals surface area (Å²) in [5.74, 6) is 0. The third-order valence-electron chi connectivity index (χ3n) is 3.77. The zero-order chi connectivity index (χ0) is 20.1. The van der Waals surface area contributed by atoms with Gasteiger partial charge in [0.15, 0.2) is 10.1 Å². The number of anilines is 1. The normalized spacial score (nSPS) is 11.7. The maximum atomic E-state index is 11.8. The van der Waals surface area contributed by atoms with Crippen LogP contribution >= 0.6 is 46.6 Å². The molecule has 0 atom stereocenters. The summed E-state index contributed by atoms with van der Waals surface area (Å²) in [6.07, 6.45) is 0. The van der Waals surface area contributed by atoms with E-state index in [1.54, 1.807) is 0 Å². The number of fused-ring (bicyclic) bond motifs is 1. The SMILES string of the molecule is O=[N+]([O-])/C(C(Cl)=C(Cl)Cl)=C(\Nc1cccc2ccccc12)Sc1ccccc1. The Kier molecular flexibility index (Phi) is 6.86. The van der Waals surface area contributed by atoms with Gasteiger partial charge in [0.25, 0.3) is 0 Å². The Morgan fingerprint density at radius 3 is 2.21 bits per heavy atom. The first-order valence-electron chi connectivity index (χ1n) is 8.05. The first-order valence-corrected chi connectivity index (χ1v) is 10.00. The molecule has 3 aromatic rings. The molecule has 3 aromatic carbocycles. The standard InChI is InChI=1S/C20H13Cl3N2O2S/c21-17(19(22)23)18(25(26)27)20(28-14-9-2-1-3-10-14)24-16-12-6-8-13-7-4-5-11-15(13)16/h1-12,24H/b20-18+. The van der Waals surface area contributed by atoms with Crippen molar-refractivity contribution in [3.05, 3.63) is 103 Å². The molecule has 0 aliphatic heterocycles. The van der Waals surface area contributed by atoms with Gasteiger partial charge in [0.2, 0.25) is 0 Å². The fraction of sp³-hybridized carbons (Fsp3) is 0. The summed E-state index contributed by atoms with van der Waals surface area (Å²) in [4.78, 5) is 12.0. The van der Waals surface area contributed by atoms with Crippen LogP contribution in [-0.2, 0) is 0 Å². The van der Waals surface area contributed by atoms with Crippen molar-refractivity contribution in [3.63, 3.8) is 0 Å². The molecule has 0 amide bonds. The van der Waals surface area contributed by atoms with Gasteiger partial charge >= 0.3 is 5.70 Å². The number of thioether (sulfide) groups is 1. The molecule has 28 heavy (non-hydrogen) atoms. The van der Waals surface area contributed by atoms with Gasteiger partial charge in [-0.1, -0.05) is 101 Å². The zero-order valence-electron chi connectivity index (χ0n) is 14.2. The van der Waals surface area contributed by atoms with Crippen LogP contribution in [0.2, 0.25) is 0 Å². The molecular formula is C20H13Cl3N2O2S. The van der Waals surface area contributed by atoms with Gasteiger partial charge in [-0.2, -0.15) is 0 Å². The molecule has 0 heterocycles. The van der Waals surface area contributed by atoms with Crippen molar-refractivity contribution in [3.8, 4) is 0 Å². The van der Waals surface area contributed by atoms with Crippen molar-refractivity contribution in [2.24, 2.45) is 0 Å². The molecule has 0 aromatic heterocycles. The third-order valence-corrected chi connectivity index (χ3v) is 5.72. The summed E-state index contributed by atoms with van der Waals surface area (Å²) < 4.78 is -0.376. The number of hydrogen-bond donors (Lipinski definition) is 1. The van der Waals surface area contributed by atoms with E-state index < -0.39 is 10.6 Å². The van der Waals surface area contributed by atoms with E-state index in [1.165, 1.54) is 11.8 Å². The number of allylic oxidation sites excluding steroid dienone is 1. The van der Waals surface area contributed by atoms with Gasteiger partial charge in [0.05, 0.1) is 4.92 Å². The average molecular weight is 452 g/mol. The molecule has 0 saturated carbocycles. The topological polar surface area (TPSA) is 55.2 Å². The minimum absolute atomic E-state index is 0.205. The molecule has 0 spiro atoms. The number of nitrogens with one attached hydrogen (secondary N) is 1. The molecular weight excluding hydrogens is 439 g/mol. The summed E-state index contributed by atoms with van der Waals surface area (Å²) in [5, 5.41) is 16.7. The van der Waals surface area contributed by atoms with Gasteiger partial charge in [0, 0.05) is 16.0 Å². The highest BCUT2D eigenvalue weighted by atomic mass is 35.5. The fourth-order valence-electron chi connectivity index (χ4n) is 2.55. The van der Waals surface area contributed by atoms with Crippen LogP contribution in [0.5, 0.6) is 0 Å². The van der Waals surface area contributed by atoms with Gasteiger partial charge < -0.3 is 5.32 Å². The largest absolute Gasteiger partial charge is 0.344 e. The van der Waals surface area contributed by atoms with Crippen LogP contribution in [0.3, 0.4) is 0 Å². The summed E-state index contributed by atoms with van der Waals surface area (Å²) in [7, 11) is 0. The molecule has 0 fully saturated rings. The smallest absolute Gasteiger partial charge is 0.320 e. The number of nitro groups is 1. The Morgan fingerprint density at radius 2 is 1.54 bits per heavy atom. The summed E-state index contributed by atoms with van der Waals surface area (Å²) in [6.45, 7) is 0. The van der Waals surface area contributed by atoms with Crippen LogP contribution in [0, 0.1) is 10.1 Å². The van der Waals surface area contributed by atoms with Crippen molar-refractivity contribution < 1.29 is 4.92 Å². The van der Waals surface area contributed by atoms with Crippen molar-refractivity contribution in [1.82, 2.24) is 0 Å². The Balaban J connectivity index is 2.16.